The van der Waals surface area contributed by atoms with Crippen molar-refractivity contribution in [3.63, 3.8) is 0 Å². The summed E-state index contributed by atoms with van der Waals surface area (Å²) in [6.07, 6.45) is -1.83. The van der Waals surface area contributed by atoms with Crippen molar-refractivity contribution in [1.29, 1.82) is 0 Å². The average molecular weight is 558 g/mol. The van der Waals surface area contributed by atoms with Gasteiger partial charge < -0.3 is 0 Å². The maximum Gasteiger partial charge on any atom is 0.416 e. The van der Waals surface area contributed by atoms with Gasteiger partial charge in [0, 0.05) is 20.9 Å². The van der Waals surface area contributed by atoms with Gasteiger partial charge in [0.05, 0.1) is 22.4 Å². The van der Waals surface area contributed by atoms with E-state index in [1.165, 1.54) is 0 Å². The number of allylic oxidation sites excluding steroid dienone is 2. The van der Waals surface area contributed by atoms with Crippen molar-refractivity contribution in [2.24, 2.45) is 5.92 Å². The zero-order valence-corrected chi connectivity index (χ0v) is 22.5. The Kier molecular flexibility index (Phi) is 8.30. The molecule has 1 aliphatic rings. The Morgan fingerprint density at radius 2 is 1.44 bits per heavy atom. The summed E-state index contributed by atoms with van der Waals surface area (Å²) in [4.78, 5) is 17.1. The summed E-state index contributed by atoms with van der Waals surface area (Å²) in [5.74, 6) is 6.54. The molecule has 4 aromatic rings. The molecule has 0 amide bonds. The molecule has 0 N–H and O–H groups in total. The van der Waals surface area contributed by atoms with Gasteiger partial charge in [0.15, 0.2) is 10.7 Å². The first kappa shape index (κ1) is 26.9. The number of alkyl halides is 3. The van der Waals surface area contributed by atoms with Crippen LogP contribution in [0.3, 0.4) is 0 Å². The second kappa shape index (κ2) is 12.0. The van der Waals surface area contributed by atoms with Crippen molar-refractivity contribution in [2.75, 3.05) is 0 Å². The Morgan fingerprint density at radius 1 is 0.821 bits per heavy atom. The Labute approximate surface area is 233 Å². The molecule has 0 spiro atoms. The molecule has 2 atom stereocenters. The summed E-state index contributed by atoms with van der Waals surface area (Å²) in [6, 6.07) is 32.9. The van der Waals surface area contributed by atoms with Gasteiger partial charge >= 0.3 is 6.18 Å². The molecule has 2 unspecified atom stereocenters. The molecule has 1 nitrogen and oxygen atoms in total. The predicted octanol–water partition coefficient (Wildman–Crippen LogP) is 8.82. The number of carbonyl (C=O) groups is 1. The number of benzene rings is 4. The zero-order valence-electron chi connectivity index (χ0n) is 20.8. The molecule has 194 valence electrons. The van der Waals surface area contributed by atoms with E-state index in [1.54, 1.807) is 36.0 Å². The first-order valence-electron chi connectivity index (χ1n) is 12.4. The van der Waals surface area contributed by atoms with Gasteiger partial charge in [-0.25, -0.2) is 0 Å². The number of ketones is 1. The summed E-state index contributed by atoms with van der Waals surface area (Å²) in [5.41, 5.74) is 0.788. The van der Waals surface area contributed by atoms with Gasteiger partial charge in [-0.2, -0.15) is 13.2 Å². The van der Waals surface area contributed by atoms with Crippen molar-refractivity contribution in [3.8, 4) is 11.8 Å². The molecular weight excluding hydrogens is 533 g/mol. The van der Waals surface area contributed by atoms with E-state index in [0.29, 0.717) is 17.7 Å². The fourth-order valence-corrected chi connectivity index (χ4v) is 7.06. The molecular formula is C33H24F3OS2+. The molecule has 5 rings (SSSR count). The van der Waals surface area contributed by atoms with Gasteiger partial charge in [-0.05, 0) is 66.9 Å². The monoisotopic (exact) mass is 557 g/mol. The van der Waals surface area contributed by atoms with E-state index in [4.69, 9.17) is 0 Å². The lowest BCUT2D eigenvalue weighted by Gasteiger charge is -2.14. The van der Waals surface area contributed by atoms with Crippen LogP contribution < -0.4 is 0 Å². The predicted molar refractivity (Wildman–Crippen MR) is 153 cm³/mol. The highest BCUT2D eigenvalue weighted by Gasteiger charge is 2.33. The largest absolute Gasteiger partial charge is 0.416 e. The molecule has 0 aliphatic heterocycles. The minimum atomic E-state index is -4.37. The molecule has 0 saturated carbocycles. The van der Waals surface area contributed by atoms with Crippen LogP contribution in [-0.2, 0) is 22.8 Å². The molecule has 0 bridgehead atoms. The molecule has 0 aromatic heterocycles. The van der Waals surface area contributed by atoms with Gasteiger partial charge in [0.2, 0.25) is 4.91 Å². The third kappa shape index (κ3) is 6.86. The molecule has 0 radical (unpaired) electrons. The Bertz CT molecular complexity index is 1520. The van der Waals surface area contributed by atoms with Crippen molar-refractivity contribution < 1.29 is 18.0 Å². The van der Waals surface area contributed by atoms with E-state index in [1.807, 2.05) is 42.5 Å². The number of rotatable bonds is 8. The molecule has 0 saturated heterocycles. The van der Waals surface area contributed by atoms with Gasteiger partial charge in [0.1, 0.15) is 5.75 Å². The number of hydrogen-bond acceptors (Lipinski definition) is 2. The highest BCUT2D eigenvalue weighted by Crippen LogP contribution is 2.34. The van der Waals surface area contributed by atoms with Crippen LogP contribution >= 0.6 is 11.8 Å². The van der Waals surface area contributed by atoms with Crippen molar-refractivity contribution in [3.05, 3.63) is 137 Å². The van der Waals surface area contributed by atoms with Crippen molar-refractivity contribution in [1.82, 2.24) is 0 Å². The highest BCUT2D eigenvalue weighted by atomic mass is 32.2. The molecule has 39 heavy (non-hydrogen) atoms. The molecule has 0 fully saturated rings. The van der Waals surface area contributed by atoms with Crippen molar-refractivity contribution in [2.45, 2.75) is 33.0 Å². The lowest BCUT2D eigenvalue weighted by molar-refractivity contribution is -0.137. The van der Waals surface area contributed by atoms with Crippen LogP contribution in [0.15, 0.2) is 135 Å². The van der Waals surface area contributed by atoms with Crippen LogP contribution in [0.5, 0.6) is 0 Å². The number of hydrogen-bond donors (Lipinski definition) is 0. The van der Waals surface area contributed by atoms with Crippen LogP contribution in [0.1, 0.15) is 27.9 Å². The van der Waals surface area contributed by atoms with E-state index >= 15 is 0 Å². The van der Waals surface area contributed by atoms with Crippen molar-refractivity contribution >= 4 is 28.4 Å². The van der Waals surface area contributed by atoms with Gasteiger partial charge in [-0.3, -0.25) is 4.79 Å². The first-order chi connectivity index (χ1) is 18.9. The number of halogens is 3. The third-order valence-electron chi connectivity index (χ3n) is 6.23. The minimum Gasteiger partial charge on any atom is -0.293 e. The average Bonchev–Trinajstić information content (AvgIpc) is 2.97. The summed E-state index contributed by atoms with van der Waals surface area (Å²) in [5, 5.41) is 0. The van der Waals surface area contributed by atoms with E-state index in [2.05, 4.69) is 48.2 Å². The van der Waals surface area contributed by atoms with Gasteiger partial charge in [-0.1, -0.05) is 78.3 Å². The second-order valence-corrected chi connectivity index (χ2v) is 12.1. The second-order valence-electron chi connectivity index (χ2n) is 8.97. The smallest absolute Gasteiger partial charge is 0.293 e. The standard InChI is InChI=1S/C33H24F3OS2/c34-33(35,36)27-15-11-24(12-16-27)23-39(31-21-17-29(18-22-31)38-28-9-5-2-6-10-28)30-19-13-26(14-20-30)32(37)25-7-3-1-4-8-25/h1-12,15-19,21-22,26H,13,23H2/q+1. The van der Waals surface area contributed by atoms with Gasteiger partial charge in [-0.15, -0.1) is 0 Å². The third-order valence-corrected chi connectivity index (χ3v) is 9.51. The normalized spacial score (nSPS) is 15.6. The Hall–Kier alpha value is -3.66. The fraction of sp³-hybridized carbons (Fsp3) is 0.121. The first-order valence-corrected chi connectivity index (χ1v) is 14.6. The summed E-state index contributed by atoms with van der Waals surface area (Å²) < 4.78 is 39.3. The maximum absolute atomic E-state index is 13.1. The lowest BCUT2D eigenvalue weighted by atomic mass is 9.93. The van der Waals surface area contributed by atoms with Crippen LogP contribution in [0.2, 0.25) is 0 Å². The van der Waals surface area contributed by atoms with E-state index < -0.39 is 28.6 Å². The molecule has 6 heteroatoms. The summed E-state index contributed by atoms with van der Waals surface area (Å²) in [6.45, 7) is 0. The quantitative estimate of drug-likeness (QED) is 0.122. The minimum absolute atomic E-state index is 0.00307. The topological polar surface area (TPSA) is 17.1 Å². The van der Waals surface area contributed by atoms with Gasteiger partial charge in [0.25, 0.3) is 0 Å². The van der Waals surface area contributed by atoms with Crippen LogP contribution in [0, 0.1) is 17.8 Å². The van der Waals surface area contributed by atoms with Crippen LogP contribution in [-0.4, -0.2) is 5.78 Å². The SMILES string of the molecule is O=C(c1ccccc1)C1C#CC([S+](Cc2ccc(C(F)(F)F)cc2)c2ccc(Sc3ccccc3)cc2)=CC1. The highest BCUT2D eigenvalue weighted by molar-refractivity contribution is 8.00. The lowest BCUT2D eigenvalue weighted by Crippen LogP contribution is -2.17. The molecule has 1 aliphatic carbocycles. The Balaban J connectivity index is 1.40. The van der Waals surface area contributed by atoms with E-state index in [9.17, 15) is 18.0 Å². The molecule has 4 aromatic carbocycles. The number of carbonyl (C=O) groups excluding carboxylic acids is 1. The summed E-state index contributed by atoms with van der Waals surface area (Å²) >= 11 is 1.67. The zero-order chi connectivity index (χ0) is 27.2. The fourth-order valence-electron chi connectivity index (χ4n) is 4.17. The van der Waals surface area contributed by atoms with E-state index in [-0.39, 0.29) is 5.78 Å². The van der Waals surface area contributed by atoms with E-state index in [0.717, 1.165) is 37.3 Å². The summed E-state index contributed by atoms with van der Waals surface area (Å²) in [7, 11) is -0.495. The van der Waals surface area contributed by atoms with Crippen LogP contribution in [0.25, 0.3) is 0 Å². The Morgan fingerprint density at radius 3 is 2.03 bits per heavy atom. The molecule has 0 heterocycles. The van der Waals surface area contributed by atoms with Crippen LogP contribution in [0.4, 0.5) is 13.2 Å². The number of Topliss-reactive ketones (excluding diaryl/α,β-unsaturated/α-hetero) is 1. The maximum atomic E-state index is 13.1.